The Hall–Kier alpha value is -1.34. The van der Waals surface area contributed by atoms with Crippen molar-refractivity contribution in [1.29, 1.82) is 0 Å². The second kappa shape index (κ2) is 8.76. The Labute approximate surface area is 120 Å². The summed E-state index contributed by atoms with van der Waals surface area (Å²) in [6, 6.07) is -0.960. The van der Waals surface area contributed by atoms with Gasteiger partial charge in [-0.25, -0.2) is 4.79 Å². The molecule has 0 fully saturated rings. The lowest BCUT2D eigenvalue weighted by molar-refractivity contribution is -0.141. The number of hydrogen-bond donors (Lipinski definition) is 3. The van der Waals surface area contributed by atoms with Crippen molar-refractivity contribution < 1.29 is 19.1 Å². The minimum Gasteiger partial charge on any atom is -0.469 e. The van der Waals surface area contributed by atoms with E-state index < -0.39 is 29.7 Å². The number of nitrogens with two attached hydrogens (primary N) is 1. The van der Waals surface area contributed by atoms with Gasteiger partial charge in [-0.3, -0.25) is 4.79 Å². The molecule has 0 aliphatic rings. The van der Waals surface area contributed by atoms with Gasteiger partial charge < -0.3 is 25.8 Å². The number of rotatable bonds is 7. The SMILES string of the molecule is CCNC[C@H](NC(=O)OC(C)(C)C)[C@@H](N)CC(=O)OC. The molecule has 0 aromatic rings. The van der Waals surface area contributed by atoms with Crippen LogP contribution >= 0.6 is 0 Å². The van der Waals surface area contributed by atoms with Crippen LogP contribution in [0.4, 0.5) is 4.79 Å². The zero-order chi connectivity index (χ0) is 15.8. The Morgan fingerprint density at radius 2 is 1.90 bits per heavy atom. The number of carbonyl (C=O) groups excluding carboxylic acids is 2. The predicted molar refractivity (Wildman–Crippen MR) is 76.3 cm³/mol. The molecule has 2 atom stereocenters. The van der Waals surface area contributed by atoms with Gasteiger partial charge >= 0.3 is 12.1 Å². The molecule has 0 aliphatic carbocycles. The normalized spacial score (nSPS) is 14.3. The smallest absolute Gasteiger partial charge is 0.407 e. The van der Waals surface area contributed by atoms with Gasteiger partial charge in [-0.2, -0.15) is 0 Å². The number of alkyl carbamates (subject to hydrolysis) is 1. The highest BCUT2D eigenvalue weighted by Crippen LogP contribution is 2.07. The van der Waals surface area contributed by atoms with Crippen LogP contribution in [0.3, 0.4) is 0 Å². The van der Waals surface area contributed by atoms with E-state index in [1.54, 1.807) is 20.8 Å². The second-order valence-electron chi connectivity index (χ2n) is 5.50. The highest BCUT2D eigenvalue weighted by atomic mass is 16.6. The minimum atomic E-state index is -0.584. The Kier molecular flexibility index (Phi) is 8.17. The Morgan fingerprint density at radius 3 is 2.35 bits per heavy atom. The summed E-state index contributed by atoms with van der Waals surface area (Å²) in [6.45, 7) is 8.46. The van der Waals surface area contributed by atoms with Gasteiger partial charge in [-0.05, 0) is 27.3 Å². The molecule has 0 aliphatic heterocycles. The van der Waals surface area contributed by atoms with E-state index in [1.807, 2.05) is 6.92 Å². The lowest BCUT2D eigenvalue weighted by Crippen LogP contribution is -2.54. The highest BCUT2D eigenvalue weighted by Gasteiger charge is 2.25. The van der Waals surface area contributed by atoms with E-state index in [2.05, 4.69) is 15.4 Å². The van der Waals surface area contributed by atoms with Crippen LogP contribution in [-0.2, 0) is 14.3 Å². The largest absolute Gasteiger partial charge is 0.469 e. The van der Waals surface area contributed by atoms with Crippen molar-refractivity contribution in [2.75, 3.05) is 20.2 Å². The van der Waals surface area contributed by atoms with Crippen molar-refractivity contribution >= 4 is 12.1 Å². The zero-order valence-electron chi connectivity index (χ0n) is 13.0. The van der Waals surface area contributed by atoms with Crippen molar-refractivity contribution in [3.63, 3.8) is 0 Å². The average molecular weight is 289 g/mol. The fourth-order valence-electron chi connectivity index (χ4n) is 1.49. The second-order valence-corrected chi connectivity index (χ2v) is 5.50. The zero-order valence-corrected chi connectivity index (χ0v) is 13.0. The lowest BCUT2D eigenvalue weighted by Gasteiger charge is -2.27. The molecular weight excluding hydrogens is 262 g/mol. The van der Waals surface area contributed by atoms with E-state index in [4.69, 9.17) is 10.5 Å². The summed E-state index contributed by atoms with van der Waals surface area (Å²) in [5.41, 5.74) is 5.35. The average Bonchev–Trinajstić information content (AvgIpc) is 2.31. The fraction of sp³-hybridized carbons (Fsp3) is 0.846. The van der Waals surface area contributed by atoms with E-state index in [0.717, 1.165) is 6.54 Å². The number of methoxy groups -OCH3 is 1. The molecule has 0 aromatic carbocycles. The van der Waals surface area contributed by atoms with E-state index in [9.17, 15) is 9.59 Å². The van der Waals surface area contributed by atoms with Crippen molar-refractivity contribution in [3.8, 4) is 0 Å². The number of likely N-dealkylation sites (N-methyl/N-ethyl adjacent to an activating group) is 1. The van der Waals surface area contributed by atoms with Crippen LogP contribution in [0.25, 0.3) is 0 Å². The van der Waals surface area contributed by atoms with Crippen molar-refractivity contribution in [2.45, 2.75) is 51.8 Å². The van der Waals surface area contributed by atoms with Crippen molar-refractivity contribution in [1.82, 2.24) is 10.6 Å². The predicted octanol–water partition coefficient (Wildman–Crippen LogP) is 0.380. The fourth-order valence-corrected chi connectivity index (χ4v) is 1.49. The van der Waals surface area contributed by atoms with Gasteiger partial charge in [-0.15, -0.1) is 0 Å². The first kappa shape index (κ1) is 18.7. The number of esters is 1. The number of carbonyl (C=O) groups is 2. The third kappa shape index (κ3) is 8.71. The van der Waals surface area contributed by atoms with E-state index >= 15 is 0 Å². The summed E-state index contributed by atoms with van der Waals surface area (Å²) in [6.07, 6.45) is -0.525. The van der Waals surface area contributed by atoms with Gasteiger partial charge in [0.15, 0.2) is 0 Å². The van der Waals surface area contributed by atoms with Crippen LogP contribution in [0.15, 0.2) is 0 Å². The van der Waals surface area contributed by atoms with E-state index in [0.29, 0.717) is 6.54 Å². The molecule has 118 valence electrons. The topological polar surface area (TPSA) is 103 Å². The molecule has 0 radical (unpaired) electrons. The summed E-state index contributed by atoms with van der Waals surface area (Å²) in [5.74, 6) is -0.412. The van der Waals surface area contributed by atoms with Crippen LogP contribution < -0.4 is 16.4 Å². The first-order valence-corrected chi connectivity index (χ1v) is 6.72. The minimum absolute atomic E-state index is 0.0301. The number of ether oxygens (including phenoxy) is 2. The molecule has 0 heterocycles. The number of nitrogens with one attached hydrogen (secondary N) is 2. The van der Waals surface area contributed by atoms with Crippen LogP contribution in [0.1, 0.15) is 34.1 Å². The van der Waals surface area contributed by atoms with Crippen molar-refractivity contribution in [3.05, 3.63) is 0 Å². The molecule has 0 saturated heterocycles. The van der Waals surface area contributed by atoms with Gasteiger partial charge in [0.1, 0.15) is 5.60 Å². The van der Waals surface area contributed by atoms with E-state index in [1.165, 1.54) is 7.11 Å². The van der Waals surface area contributed by atoms with Crippen LogP contribution in [0, 0.1) is 0 Å². The Bertz CT molecular complexity index is 315. The molecule has 1 amide bonds. The van der Waals surface area contributed by atoms with E-state index in [-0.39, 0.29) is 6.42 Å². The molecule has 7 nitrogen and oxygen atoms in total. The van der Waals surface area contributed by atoms with Crippen LogP contribution in [0.5, 0.6) is 0 Å². The summed E-state index contributed by atoms with van der Waals surface area (Å²) in [7, 11) is 1.30. The standard InChI is InChI=1S/C13H27N3O4/c1-6-15-8-10(9(14)7-11(17)19-5)16-12(18)20-13(2,3)4/h9-10,15H,6-8,14H2,1-5H3,(H,16,18)/t9-,10-/m0/s1. The summed E-state index contributed by atoms with van der Waals surface area (Å²) in [4.78, 5) is 23.0. The first-order valence-electron chi connectivity index (χ1n) is 6.72. The van der Waals surface area contributed by atoms with Gasteiger partial charge in [0.25, 0.3) is 0 Å². The molecule has 0 saturated carbocycles. The first-order chi connectivity index (χ1) is 9.19. The molecule has 0 unspecified atom stereocenters. The Morgan fingerprint density at radius 1 is 1.30 bits per heavy atom. The molecule has 0 bridgehead atoms. The van der Waals surface area contributed by atoms with Gasteiger partial charge in [0.2, 0.25) is 0 Å². The maximum atomic E-state index is 11.8. The lowest BCUT2D eigenvalue weighted by atomic mass is 10.1. The maximum Gasteiger partial charge on any atom is 0.407 e. The summed E-state index contributed by atoms with van der Waals surface area (Å²) in [5, 5.41) is 5.77. The molecular formula is C13H27N3O4. The molecule has 4 N–H and O–H groups in total. The van der Waals surface area contributed by atoms with Gasteiger partial charge in [-0.1, -0.05) is 6.92 Å². The molecule has 7 heteroatoms. The maximum absolute atomic E-state index is 11.8. The molecule has 0 spiro atoms. The van der Waals surface area contributed by atoms with Crippen LogP contribution in [-0.4, -0.2) is 49.9 Å². The summed E-state index contributed by atoms with van der Waals surface area (Å²) < 4.78 is 9.76. The summed E-state index contributed by atoms with van der Waals surface area (Å²) >= 11 is 0. The quantitative estimate of drug-likeness (QED) is 0.586. The van der Waals surface area contributed by atoms with Crippen LogP contribution in [0.2, 0.25) is 0 Å². The highest BCUT2D eigenvalue weighted by molar-refractivity contribution is 5.71. The monoisotopic (exact) mass is 289 g/mol. The molecule has 0 rings (SSSR count). The third-order valence-electron chi connectivity index (χ3n) is 2.46. The third-order valence-corrected chi connectivity index (χ3v) is 2.46. The van der Waals surface area contributed by atoms with Gasteiger partial charge in [0, 0.05) is 12.6 Å². The van der Waals surface area contributed by atoms with Crippen molar-refractivity contribution in [2.24, 2.45) is 5.73 Å². The number of hydrogen-bond acceptors (Lipinski definition) is 6. The Balaban J connectivity index is 4.54. The molecule has 20 heavy (non-hydrogen) atoms. The molecule has 0 aromatic heterocycles. The van der Waals surface area contributed by atoms with Gasteiger partial charge in [0.05, 0.1) is 19.6 Å². The number of amides is 1.